The average Bonchev–Trinajstić information content (AvgIpc) is 2.84. The smallest absolute Gasteiger partial charge is 0.262 e. The largest absolute Gasteiger partial charge is 0.275 e. The first-order valence-electron chi connectivity index (χ1n) is 7.86. The molecule has 0 unspecified atom stereocenters. The van der Waals surface area contributed by atoms with E-state index in [2.05, 4.69) is 15.0 Å². The lowest BCUT2D eigenvalue weighted by Crippen LogP contribution is -2.57. The summed E-state index contributed by atoms with van der Waals surface area (Å²) in [7, 11) is 0. The molecule has 3 aliphatic rings. The Balaban J connectivity index is 1.79. The normalized spacial score (nSPS) is 22.7. The van der Waals surface area contributed by atoms with Gasteiger partial charge in [-0.1, -0.05) is 25.0 Å². The molecule has 1 fully saturated rings. The summed E-state index contributed by atoms with van der Waals surface area (Å²) in [5, 5.41) is 4.56. The van der Waals surface area contributed by atoms with E-state index in [4.69, 9.17) is 0 Å². The van der Waals surface area contributed by atoms with Crippen molar-refractivity contribution in [3.8, 4) is 0 Å². The van der Waals surface area contributed by atoms with Crippen LogP contribution in [0.2, 0.25) is 0 Å². The molecule has 3 heterocycles. The summed E-state index contributed by atoms with van der Waals surface area (Å²) in [4.78, 5) is 19.0. The number of amides is 1. The third-order valence-corrected chi connectivity index (χ3v) is 4.48. The lowest BCUT2D eigenvalue weighted by Gasteiger charge is -2.42. The van der Waals surface area contributed by atoms with E-state index in [9.17, 15) is 4.79 Å². The lowest BCUT2D eigenvalue weighted by atomic mass is 10.1. The van der Waals surface area contributed by atoms with E-state index in [-0.39, 0.29) is 5.91 Å². The van der Waals surface area contributed by atoms with Crippen LogP contribution in [0.1, 0.15) is 36.0 Å². The predicted octanol–water partition coefficient (Wildman–Crippen LogP) is 2.11. The number of aliphatic imine (C=N–C) groups is 1. The second-order valence-electron chi connectivity index (χ2n) is 5.84. The number of hydrogen-bond acceptors (Lipinski definition) is 4. The summed E-state index contributed by atoms with van der Waals surface area (Å²) in [5.41, 5.74) is 1.78. The molecule has 1 amide bonds. The molecule has 21 heavy (non-hydrogen) atoms. The Morgan fingerprint density at radius 2 is 1.71 bits per heavy atom. The summed E-state index contributed by atoms with van der Waals surface area (Å²) in [6.45, 7) is 3.48. The molecule has 4 rings (SSSR count). The molecule has 1 aromatic rings. The zero-order valence-electron chi connectivity index (χ0n) is 12.2. The van der Waals surface area contributed by atoms with Gasteiger partial charge >= 0.3 is 0 Å². The topological polar surface area (TPSA) is 39.2 Å². The van der Waals surface area contributed by atoms with Crippen LogP contribution in [0.25, 0.3) is 0 Å². The van der Waals surface area contributed by atoms with Crippen LogP contribution in [0.4, 0.5) is 5.69 Å². The van der Waals surface area contributed by atoms with E-state index in [1.54, 1.807) is 0 Å². The third kappa shape index (κ3) is 2.03. The summed E-state index contributed by atoms with van der Waals surface area (Å²) < 4.78 is 0. The molecule has 5 heteroatoms. The second kappa shape index (κ2) is 5.15. The highest BCUT2D eigenvalue weighted by atomic mass is 16.2. The molecule has 0 aromatic heterocycles. The standard InChI is InChI=1S/C16H20N4O/c21-15-13-7-3-4-8-14(13)20(16-17-9-12-19(15)16)18-10-5-1-2-6-11-18/h3-4,7-8H,1-2,5-6,9-12H2. The summed E-state index contributed by atoms with van der Waals surface area (Å²) >= 11 is 0. The van der Waals surface area contributed by atoms with Gasteiger partial charge in [0.1, 0.15) is 0 Å². The Morgan fingerprint density at radius 3 is 2.52 bits per heavy atom. The first-order chi connectivity index (χ1) is 10.4. The van der Waals surface area contributed by atoms with Crippen LogP contribution in [-0.2, 0) is 0 Å². The van der Waals surface area contributed by atoms with Crippen molar-refractivity contribution in [1.29, 1.82) is 0 Å². The summed E-state index contributed by atoms with van der Waals surface area (Å²) in [6.07, 6.45) is 5.00. The van der Waals surface area contributed by atoms with Crippen molar-refractivity contribution in [3.63, 3.8) is 0 Å². The van der Waals surface area contributed by atoms with Gasteiger partial charge in [-0.25, -0.2) is 15.0 Å². The van der Waals surface area contributed by atoms with E-state index in [0.29, 0.717) is 13.1 Å². The second-order valence-corrected chi connectivity index (χ2v) is 5.84. The summed E-state index contributed by atoms with van der Waals surface area (Å²) in [6, 6.07) is 7.91. The number of carbonyl (C=O) groups is 1. The van der Waals surface area contributed by atoms with E-state index in [0.717, 1.165) is 30.3 Å². The van der Waals surface area contributed by atoms with E-state index in [1.807, 2.05) is 29.2 Å². The quantitative estimate of drug-likeness (QED) is 0.793. The van der Waals surface area contributed by atoms with Gasteiger partial charge < -0.3 is 0 Å². The number of benzene rings is 1. The molecule has 0 atom stereocenters. The van der Waals surface area contributed by atoms with Gasteiger partial charge in [-0.2, -0.15) is 0 Å². The Labute approximate surface area is 124 Å². The molecule has 110 valence electrons. The average molecular weight is 284 g/mol. The van der Waals surface area contributed by atoms with Gasteiger partial charge in [-0.05, 0) is 25.0 Å². The van der Waals surface area contributed by atoms with Crippen LogP contribution in [0, 0.1) is 0 Å². The van der Waals surface area contributed by atoms with Crippen LogP contribution in [-0.4, -0.2) is 48.0 Å². The number of rotatable bonds is 1. The molecular weight excluding hydrogens is 264 g/mol. The number of carbonyl (C=O) groups excluding carboxylic acids is 1. The van der Waals surface area contributed by atoms with Crippen molar-refractivity contribution in [2.45, 2.75) is 25.7 Å². The lowest BCUT2D eigenvalue weighted by molar-refractivity contribution is 0.0843. The van der Waals surface area contributed by atoms with Crippen LogP contribution in [0.5, 0.6) is 0 Å². The minimum atomic E-state index is 0.0907. The van der Waals surface area contributed by atoms with Crippen molar-refractivity contribution in [1.82, 2.24) is 9.91 Å². The minimum Gasteiger partial charge on any atom is -0.275 e. The van der Waals surface area contributed by atoms with E-state index in [1.165, 1.54) is 25.7 Å². The first kappa shape index (κ1) is 12.8. The van der Waals surface area contributed by atoms with Gasteiger partial charge in [0, 0.05) is 19.6 Å². The fourth-order valence-electron chi connectivity index (χ4n) is 3.43. The molecule has 0 aliphatic carbocycles. The van der Waals surface area contributed by atoms with Crippen molar-refractivity contribution >= 4 is 17.6 Å². The van der Waals surface area contributed by atoms with Crippen molar-refractivity contribution in [3.05, 3.63) is 29.8 Å². The van der Waals surface area contributed by atoms with Crippen molar-refractivity contribution in [2.24, 2.45) is 4.99 Å². The number of para-hydroxylation sites is 1. The highest BCUT2D eigenvalue weighted by molar-refractivity contribution is 6.18. The number of nitrogens with zero attached hydrogens (tertiary/aromatic N) is 4. The molecular formula is C16H20N4O. The highest BCUT2D eigenvalue weighted by Gasteiger charge is 2.39. The van der Waals surface area contributed by atoms with E-state index >= 15 is 0 Å². The van der Waals surface area contributed by atoms with Crippen LogP contribution >= 0.6 is 0 Å². The highest BCUT2D eigenvalue weighted by Crippen LogP contribution is 2.32. The molecule has 0 spiro atoms. The fraction of sp³-hybridized carbons (Fsp3) is 0.500. The van der Waals surface area contributed by atoms with Gasteiger partial charge in [0.25, 0.3) is 5.91 Å². The molecule has 0 bridgehead atoms. The van der Waals surface area contributed by atoms with Crippen LogP contribution < -0.4 is 5.01 Å². The SMILES string of the molecule is O=C1c2ccccc2N(N2CCCCCC2)C2=NCCN12. The van der Waals surface area contributed by atoms with Gasteiger partial charge in [0.05, 0.1) is 17.8 Å². The van der Waals surface area contributed by atoms with Crippen molar-refractivity contribution < 1.29 is 4.79 Å². The molecule has 1 saturated heterocycles. The Hall–Kier alpha value is -1.88. The molecule has 0 radical (unpaired) electrons. The first-order valence-corrected chi connectivity index (χ1v) is 7.86. The molecule has 1 aromatic carbocycles. The Bertz CT molecular complexity index is 590. The molecule has 5 nitrogen and oxygen atoms in total. The number of guanidine groups is 1. The van der Waals surface area contributed by atoms with Crippen LogP contribution in [0.3, 0.4) is 0 Å². The number of anilines is 1. The van der Waals surface area contributed by atoms with Gasteiger partial charge in [0.2, 0.25) is 5.96 Å². The number of hydrazine groups is 1. The minimum absolute atomic E-state index is 0.0907. The third-order valence-electron chi connectivity index (χ3n) is 4.48. The number of fused-ring (bicyclic) bond motifs is 2. The zero-order valence-corrected chi connectivity index (χ0v) is 12.2. The summed E-state index contributed by atoms with van der Waals surface area (Å²) in [5.74, 6) is 0.911. The maximum absolute atomic E-state index is 12.6. The van der Waals surface area contributed by atoms with Gasteiger partial charge in [-0.3, -0.25) is 9.69 Å². The molecule has 0 N–H and O–H groups in total. The Morgan fingerprint density at radius 1 is 0.952 bits per heavy atom. The fourth-order valence-corrected chi connectivity index (χ4v) is 3.43. The monoisotopic (exact) mass is 284 g/mol. The van der Waals surface area contributed by atoms with E-state index < -0.39 is 0 Å². The number of hydrogen-bond donors (Lipinski definition) is 0. The predicted molar refractivity (Wildman–Crippen MR) is 82.3 cm³/mol. The molecule has 3 aliphatic heterocycles. The van der Waals surface area contributed by atoms with Crippen molar-refractivity contribution in [2.75, 3.05) is 31.2 Å². The zero-order chi connectivity index (χ0) is 14.2. The Kier molecular flexibility index (Phi) is 3.15. The van der Waals surface area contributed by atoms with Gasteiger partial charge in [0.15, 0.2) is 0 Å². The molecule has 0 saturated carbocycles. The van der Waals surface area contributed by atoms with Gasteiger partial charge in [-0.15, -0.1) is 0 Å². The van der Waals surface area contributed by atoms with Crippen LogP contribution in [0.15, 0.2) is 29.3 Å². The maximum atomic E-state index is 12.6. The maximum Gasteiger partial charge on any atom is 0.262 e.